The van der Waals surface area contributed by atoms with Gasteiger partial charge >= 0.3 is 6.18 Å². The molecule has 0 atom stereocenters. The molecular weight excluding hydrogens is 522 g/mol. The number of para-hydroxylation sites is 1. The van der Waals surface area contributed by atoms with Crippen molar-refractivity contribution in [3.63, 3.8) is 0 Å². The number of ether oxygens (including phenoxy) is 1. The zero-order valence-electron chi connectivity index (χ0n) is 16.6. The largest absolute Gasteiger partial charge is 0.484 e. The fourth-order valence-corrected chi connectivity index (χ4v) is 4.21. The van der Waals surface area contributed by atoms with Gasteiger partial charge in [-0.2, -0.15) is 13.2 Å². The standard InChI is InChI=1S/C18H26F3N3O3S.HI/c1-4-22-16(24-9-10-28(25,26)17(2,3)12-24)23-11-14-7-5-6-8-15(14)27-13-18(19,20)21;/h5-8H,4,9-13H2,1-3H3,(H,22,23);1H. The molecule has 1 aliphatic heterocycles. The molecule has 0 radical (unpaired) electrons. The molecule has 29 heavy (non-hydrogen) atoms. The van der Waals surface area contributed by atoms with Crippen LogP contribution in [0.1, 0.15) is 26.3 Å². The summed E-state index contributed by atoms with van der Waals surface area (Å²) in [6, 6.07) is 6.43. The number of rotatable bonds is 5. The first-order valence-corrected chi connectivity index (χ1v) is 10.6. The maximum atomic E-state index is 12.4. The van der Waals surface area contributed by atoms with E-state index in [1.54, 1.807) is 32.0 Å². The Morgan fingerprint density at radius 2 is 1.97 bits per heavy atom. The minimum absolute atomic E-state index is 0. The van der Waals surface area contributed by atoms with Crippen LogP contribution >= 0.6 is 24.0 Å². The van der Waals surface area contributed by atoms with Crippen LogP contribution in [0.5, 0.6) is 5.75 Å². The number of nitrogens with zero attached hydrogens (tertiary/aromatic N) is 2. The molecule has 1 aromatic carbocycles. The Morgan fingerprint density at radius 3 is 2.55 bits per heavy atom. The number of hydrogen-bond acceptors (Lipinski definition) is 4. The normalized spacial score (nSPS) is 18.7. The minimum Gasteiger partial charge on any atom is -0.484 e. The van der Waals surface area contributed by atoms with Crippen LogP contribution in [0.2, 0.25) is 0 Å². The molecule has 2 rings (SSSR count). The van der Waals surface area contributed by atoms with Crippen molar-refractivity contribution in [2.75, 3.05) is 32.0 Å². The molecule has 1 saturated heterocycles. The average molecular weight is 549 g/mol. The zero-order chi connectivity index (χ0) is 21.0. The summed E-state index contributed by atoms with van der Waals surface area (Å²) in [5.74, 6) is 0.674. The van der Waals surface area contributed by atoms with E-state index in [9.17, 15) is 21.6 Å². The van der Waals surface area contributed by atoms with Gasteiger partial charge in [0.2, 0.25) is 0 Å². The van der Waals surface area contributed by atoms with E-state index in [4.69, 9.17) is 4.74 Å². The van der Waals surface area contributed by atoms with E-state index in [1.165, 1.54) is 6.07 Å². The molecule has 6 nitrogen and oxygen atoms in total. The van der Waals surface area contributed by atoms with Gasteiger partial charge in [0.1, 0.15) is 5.75 Å². The van der Waals surface area contributed by atoms with Crippen molar-refractivity contribution in [3.8, 4) is 5.75 Å². The van der Waals surface area contributed by atoms with E-state index in [2.05, 4.69) is 10.3 Å². The molecule has 0 saturated carbocycles. The lowest BCUT2D eigenvalue weighted by atomic mass is 10.2. The summed E-state index contributed by atoms with van der Waals surface area (Å²) in [5, 5.41) is 3.12. The SMILES string of the molecule is CCNC(=NCc1ccccc1OCC(F)(F)F)N1CCS(=O)(=O)C(C)(C)C1.I. The quantitative estimate of drug-likeness (QED) is 0.347. The molecule has 166 valence electrons. The predicted molar refractivity (Wildman–Crippen MR) is 118 cm³/mol. The second-order valence-corrected chi connectivity index (χ2v) is 9.92. The highest BCUT2D eigenvalue weighted by Crippen LogP contribution is 2.25. The number of guanidine groups is 1. The average Bonchev–Trinajstić information content (AvgIpc) is 2.59. The first-order valence-electron chi connectivity index (χ1n) is 8.98. The highest BCUT2D eigenvalue weighted by Gasteiger charge is 2.41. The fraction of sp³-hybridized carbons (Fsp3) is 0.611. The molecule has 11 heteroatoms. The van der Waals surface area contributed by atoms with Gasteiger partial charge in [-0.05, 0) is 26.8 Å². The smallest absolute Gasteiger partial charge is 0.422 e. The van der Waals surface area contributed by atoms with Crippen molar-refractivity contribution in [1.29, 1.82) is 0 Å². The lowest BCUT2D eigenvalue weighted by Crippen LogP contribution is -2.57. The molecule has 0 aliphatic carbocycles. The van der Waals surface area contributed by atoms with E-state index < -0.39 is 27.4 Å². The van der Waals surface area contributed by atoms with Crippen LogP contribution in [-0.4, -0.2) is 62.2 Å². The fourth-order valence-electron chi connectivity index (χ4n) is 2.85. The van der Waals surface area contributed by atoms with Crippen LogP contribution in [0.25, 0.3) is 0 Å². The Balaban J connectivity index is 0.00000420. The van der Waals surface area contributed by atoms with Crippen molar-refractivity contribution in [2.24, 2.45) is 4.99 Å². The maximum Gasteiger partial charge on any atom is 0.422 e. The van der Waals surface area contributed by atoms with Crippen molar-refractivity contribution < 1.29 is 26.3 Å². The summed E-state index contributed by atoms with van der Waals surface area (Å²) in [6.07, 6.45) is -4.42. The molecule has 1 N–H and O–H groups in total. The topological polar surface area (TPSA) is 71.0 Å². The van der Waals surface area contributed by atoms with E-state index in [0.717, 1.165) is 0 Å². The zero-order valence-corrected chi connectivity index (χ0v) is 19.8. The number of hydrogen-bond donors (Lipinski definition) is 1. The van der Waals surface area contributed by atoms with Crippen molar-refractivity contribution in [3.05, 3.63) is 29.8 Å². The number of sulfone groups is 1. The molecule has 0 unspecified atom stereocenters. The Labute approximate surface area is 186 Å². The third-order valence-corrected chi connectivity index (χ3v) is 6.97. The summed E-state index contributed by atoms with van der Waals surface area (Å²) in [7, 11) is -3.19. The summed E-state index contributed by atoms with van der Waals surface area (Å²) in [5.41, 5.74) is 0.519. The first-order chi connectivity index (χ1) is 13.0. The first kappa shape index (κ1) is 25.8. The van der Waals surface area contributed by atoms with Crippen LogP contribution < -0.4 is 10.1 Å². The van der Waals surface area contributed by atoms with Gasteiger partial charge in [-0.15, -0.1) is 24.0 Å². The van der Waals surface area contributed by atoms with Crippen molar-refractivity contribution >= 4 is 39.8 Å². The second kappa shape index (κ2) is 10.2. The van der Waals surface area contributed by atoms with Crippen LogP contribution in [0.4, 0.5) is 13.2 Å². The van der Waals surface area contributed by atoms with Gasteiger partial charge < -0.3 is 15.0 Å². The monoisotopic (exact) mass is 549 g/mol. The minimum atomic E-state index is -4.42. The lowest BCUT2D eigenvalue weighted by molar-refractivity contribution is -0.153. The Kier molecular flexibility index (Phi) is 9.06. The van der Waals surface area contributed by atoms with Crippen LogP contribution in [0.3, 0.4) is 0 Å². The Bertz CT molecular complexity index is 814. The number of halogens is 4. The van der Waals surface area contributed by atoms with Gasteiger partial charge in [-0.25, -0.2) is 13.4 Å². The number of alkyl halides is 3. The summed E-state index contributed by atoms with van der Waals surface area (Å²) < 4.78 is 65.7. The molecule has 1 heterocycles. The Morgan fingerprint density at radius 1 is 1.31 bits per heavy atom. The molecular formula is C18H27F3IN3O3S. The second-order valence-electron chi connectivity index (χ2n) is 7.18. The highest BCUT2D eigenvalue weighted by molar-refractivity contribution is 14.0. The van der Waals surface area contributed by atoms with Crippen LogP contribution in [0, 0.1) is 0 Å². The van der Waals surface area contributed by atoms with Gasteiger partial charge in [0, 0.05) is 25.2 Å². The molecule has 1 fully saturated rings. The summed E-state index contributed by atoms with van der Waals surface area (Å²) in [4.78, 5) is 6.37. The van der Waals surface area contributed by atoms with Gasteiger partial charge in [0.15, 0.2) is 22.4 Å². The van der Waals surface area contributed by atoms with Gasteiger partial charge in [-0.1, -0.05) is 18.2 Å². The summed E-state index contributed by atoms with van der Waals surface area (Å²) >= 11 is 0. The molecule has 1 aliphatic rings. The number of benzene rings is 1. The Hall–Kier alpha value is -1.24. The van der Waals surface area contributed by atoms with Crippen LogP contribution in [0.15, 0.2) is 29.3 Å². The third kappa shape index (κ3) is 7.19. The molecule has 0 bridgehead atoms. The van der Waals surface area contributed by atoms with E-state index >= 15 is 0 Å². The van der Waals surface area contributed by atoms with Gasteiger partial charge in [0.25, 0.3) is 0 Å². The lowest BCUT2D eigenvalue weighted by Gasteiger charge is -2.39. The molecule has 0 spiro atoms. The number of nitrogens with one attached hydrogen (secondary N) is 1. The molecule has 0 amide bonds. The van der Waals surface area contributed by atoms with E-state index in [-0.39, 0.29) is 48.6 Å². The van der Waals surface area contributed by atoms with E-state index in [1.807, 2.05) is 11.8 Å². The molecule has 0 aromatic heterocycles. The number of aliphatic imine (C=N–C) groups is 1. The van der Waals surface area contributed by atoms with Crippen molar-refractivity contribution in [1.82, 2.24) is 10.2 Å². The third-order valence-electron chi connectivity index (χ3n) is 4.44. The summed E-state index contributed by atoms with van der Waals surface area (Å²) in [6.45, 7) is 5.16. The highest BCUT2D eigenvalue weighted by atomic mass is 127. The van der Waals surface area contributed by atoms with Gasteiger partial charge in [-0.3, -0.25) is 0 Å². The maximum absolute atomic E-state index is 12.4. The van der Waals surface area contributed by atoms with Crippen molar-refractivity contribution in [2.45, 2.75) is 38.2 Å². The van der Waals surface area contributed by atoms with Crippen LogP contribution in [-0.2, 0) is 16.4 Å². The van der Waals surface area contributed by atoms with E-state index in [0.29, 0.717) is 24.6 Å². The molecule has 1 aromatic rings. The van der Waals surface area contributed by atoms with Gasteiger partial charge in [0.05, 0.1) is 17.0 Å². The predicted octanol–water partition coefficient (Wildman–Crippen LogP) is 3.22.